The Balaban J connectivity index is 2.54. The van der Waals surface area contributed by atoms with E-state index in [1.807, 2.05) is 27.7 Å². The van der Waals surface area contributed by atoms with Gasteiger partial charge >= 0.3 is 5.97 Å². The highest BCUT2D eigenvalue weighted by Gasteiger charge is 2.34. The summed E-state index contributed by atoms with van der Waals surface area (Å²) in [5.74, 6) is -0.889. The average molecular weight is 605 g/mol. The maximum Gasteiger partial charge on any atom is 0.339 e. The van der Waals surface area contributed by atoms with Gasteiger partial charge in [-0.25, -0.2) is 14.2 Å². The summed E-state index contributed by atoms with van der Waals surface area (Å²) in [4.78, 5) is 17.9. The smallest absolute Gasteiger partial charge is 0.339 e. The molecule has 0 saturated carbocycles. The lowest BCUT2D eigenvalue weighted by Crippen LogP contribution is -2.29. The van der Waals surface area contributed by atoms with Crippen LogP contribution >= 0.6 is 22.6 Å². The third-order valence-electron chi connectivity index (χ3n) is 6.32. The van der Waals surface area contributed by atoms with Gasteiger partial charge in [0.2, 0.25) is 0 Å². The van der Waals surface area contributed by atoms with Crippen molar-refractivity contribution in [2.24, 2.45) is 7.05 Å². The molecule has 0 aliphatic carbocycles. The summed E-state index contributed by atoms with van der Waals surface area (Å²) >= 11 is 2.07. The van der Waals surface area contributed by atoms with Crippen LogP contribution in [-0.4, -0.2) is 28.2 Å². The number of hydrogen-bond donors (Lipinski definition) is 0. The monoisotopic (exact) mass is 605 g/mol. The van der Waals surface area contributed by atoms with E-state index in [9.17, 15) is 10.1 Å². The Hall–Kier alpha value is -2.51. The molecule has 0 radical (unpaired) electrons. The Morgan fingerprint density at radius 2 is 1.97 bits per heavy atom. The highest BCUT2D eigenvalue weighted by molar-refractivity contribution is 14.1. The molecule has 0 aliphatic rings. The molecule has 0 N–H and O–H groups in total. The number of rotatable bonds is 7. The van der Waals surface area contributed by atoms with Crippen LogP contribution in [0.2, 0.25) is 0 Å². The summed E-state index contributed by atoms with van der Waals surface area (Å²) in [5.41, 5.74) is 4.57. The van der Waals surface area contributed by atoms with Gasteiger partial charge in [-0.15, -0.1) is 0 Å². The fourth-order valence-corrected chi connectivity index (χ4v) is 5.37. The van der Waals surface area contributed by atoms with Crippen molar-refractivity contribution in [2.75, 3.05) is 7.11 Å². The number of esters is 1. The Bertz CT molecular complexity index is 1370. The maximum absolute atomic E-state index is 15.4. The van der Waals surface area contributed by atoms with Crippen LogP contribution in [0.3, 0.4) is 0 Å². The number of methoxy groups -OCH3 is 1. The number of carbonyl (C=O) groups is 1. The minimum Gasteiger partial charge on any atom is -0.467 e. The Kier molecular flexibility index (Phi) is 8.46. The Morgan fingerprint density at radius 3 is 2.53 bits per heavy atom. The van der Waals surface area contributed by atoms with Gasteiger partial charge in [-0.05, 0) is 98.9 Å². The number of unbranched alkanes of at least 4 members (excludes halogenated alkanes) is 1. The van der Waals surface area contributed by atoms with Crippen LogP contribution < -0.4 is 0 Å². The van der Waals surface area contributed by atoms with Gasteiger partial charge in [0.15, 0.2) is 6.10 Å². The minimum absolute atomic E-state index is 0.321. The topological polar surface area (TPSA) is 77.1 Å². The summed E-state index contributed by atoms with van der Waals surface area (Å²) in [5, 5.41) is 10.4. The summed E-state index contributed by atoms with van der Waals surface area (Å²) in [6.07, 6.45) is 1.57. The van der Waals surface area contributed by atoms with Gasteiger partial charge in [0.05, 0.1) is 16.3 Å². The van der Waals surface area contributed by atoms with E-state index in [1.165, 1.54) is 13.2 Å². The number of nitrogens with zero attached hydrogens (tertiary/aromatic N) is 3. The SMILES string of the molecule is CCCCc1c(C)c(-c2c([C@H](OC(C)(C)C)C(=O)OC)c(C)nc3c2cc(C#N)n3C)cc(F)c1I. The first-order valence-corrected chi connectivity index (χ1v) is 13.1. The second-order valence-electron chi connectivity index (χ2n) is 9.98. The number of hydrogen-bond acceptors (Lipinski definition) is 5. The predicted molar refractivity (Wildman–Crippen MR) is 147 cm³/mol. The van der Waals surface area contributed by atoms with Crippen molar-refractivity contribution in [3.63, 3.8) is 0 Å². The number of fused-ring (bicyclic) bond motifs is 1. The Morgan fingerprint density at radius 1 is 1.31 bits per heavy atom. The molecule has 0 spiro atoms. The molecule has 1 atom stereocenters. The predicted octanol–water partition coefficient (Wildman–Crippen LogP) is 6.84. The second-order valence-corrected chi connectivity index (χ2v) is 11.1. The molecule has 3 aromatic rings. The molecule has 3 rings (SSSR count). The van der Waals surface area contributed by atoms with Crippen molar-refractivity contribution in [3.8, 4) is 17.2 Å². The van der Waals surface area contributed by atoms with Gasteiger partial charge in [0.25, 0.3) is 0 Å². The van der Waals surface area contributed by atoms with Crippen LogP contribution in [-0.2, 0) is 27.7 Å². The first-order chi connectivity index (χ1) is 16.9. The van der Waals surface area contributed by atoms with Crippen molar-refractivity contribution in [1.82, 2.24) is 9.55 Å². The zero-order chi connectivity index (χ0) is 26.9. The van der Waals surface area contributed by atoms with Crippen LogP contribution in [0, 0.1) is 34.6 Å². The molecule has 0 aliphatic heterocycles. The lowest BCUT2D eigenvalue weighted by molar-refractivity contribution is -0.164. The fourth-order valence-electron chi connectivity index (χ4n) is 4.54. The third kappa shape index (κ3) is 5.28. The molecule has 0 bridgehead atoms. The van der Waals surface area contributed by atoms with Gasteiger partial charge in [-0.3, -0.25) is 0 Å². The second kappa shape index (κ2) is 10.9. The van der Waals surface area contributed by atoms with E-state index < -0.39 is 17.7 Å². The van der Waals surface area contributed by atoms with Crippen LogP contribution in [0.4, 0.5) is 4.39 Å². The summed E-state index contributed by atoms with van der Waals surface area (Å²) < 4.78 is 29.1. The zero-order valence-electron chi connectivity index (χ0n) is 22.2. The molecule has 36 heavy (non-hydrogen) atoms. The van der Waals surface area contributed by atoms with E-state index >= 15 is 4.39 Å². The van der Waals surface area contributed by atoms with Gasteiger partial charge in [-0.1, -0.05) is 13.3 Å². The van der Waals surface area contributed by atoms with E-state index in [1.54, 1.807) is 24.6 Å². The third-order valence-corrected chi connectivity index (χ3v) is 7.48. The van der Waals surface area contributed by atoms with Crippen molar-refractivity contribution < 1.29 is 18.7 Å². The lowest BCUT2D eigenvalue weighted by Gasteiger charge is -2.29. The molecular formula is C28H33FIN3O3. The number of aromatic nitrogens is 2. The van der Waals surface area contributed by atoms with Crippen molar-refractivity contribution in [3.05, 3.63) is 49.6 Å². The van der Waals surface area contributed by atoms with E-state index in [4.69, 9.17) is 14.5 Å². The van der Waals surface area contributed by atoms with E-state index in [0.29, 0.717) is 42.7 Å². The minimum atomic E-state index is -1.09. The van der Waals surface area contributed by atoms with E-state index in [-0.39, 0.29) is 5.82 Å². The van der Waals surface area contributed by atoms with Crippen molar-refractivity contribution in [2.45, 2.75) is 72.5 Å². The zero-order valence-corrected chi connectivity index (χ0v) is 24.3. The summed E-state index contributed by atoms with van der Waals surface area (Å²) in [6.45, 7) is 11.5. The first-order valence-electron chi connectivity index (χ1n) is 12.0. The van der Waals surface area contributed by atoms with E-state index in [2.05, 4.69) is 35.6 Å². The Labute approximate surface area is 225 Å². The molecule has 0 amide bonds. The maximum atomic E-state index is 15.4. The highest BCUT2D eigenvalue weighted by Crippen LogP contribution is 2.43. The quantitative estimate of drug-likeness (QED) is 0.218. The van der Waals surface area contributed by atoms with E-state index in [0.717, 1.165) is 30.4 Å². The normalized spacial score (nSPS) is 12.6. The molecule has 2 aromatic heterocycles. The molecule has 192 valence electrons. The van der Waals surface area contributed by atoms with Gasteiger partial charge < -0.3 is 14.0 Å². The fraction of sp³-hybridized carbons (Fsp3) is 0.464. The molecule has 0 saturated heterocycles. The van der Waals surface area contributed by atoms with Crippen LogP contribution in [0.5, 0.6) is 0 Å². The number of halogens is 2. The standard InChI is InChI=1S/C28H33FIN3O3/c1-9-10-11-18-15(2)19(13-21(29)24(18)30)23-20-12-17(14-31)33(7)26(20)32-16(3)22(23)25(27(34)35-8)36-28(4,5)6/h12-13,25H,9-11H2,1-8H3/t25-/m0/s1. The largest absolute Gasteiger partial charge is 0.467 e. The lowest BCUT2D eigenvalue weighted by atomic mass is 9.87. The molecular weight excluding hydrogens is 572 g/mol. The number of carbonyl (C=O) groups excluding carboxylic acids is 1. The summed E-state index contributed by atoms with van der Waals surface area (Å²) in [7, 11) is 3.09. The highest BCUT2D eigenvalue weighted by atomic mass is 127. The molecule has 2 heterocycles. The number of pyridine rings is 1. The van der Waals surface area contributed by atoms with Gasteiger partial charge in [0, 0.05) is 29.3 Å². The molecule has 8 heteroatoms. The molecule has 6 nitrogen and oxygen atoms in total. The molecule has 1 aromatic carbocycles. The average Bonchev–Trinajstić information content (AvgIpc) is 3.13. The first kappa shape index (κ1) is 28.1. The number of aryl methyl sites for hydroxylation is 2. The van der Waals surface area contributed by atoms with Crippen molar-refractivity contribution >= 4 is 39.6 Å². The number of ether oxygens (including phenoxy) is 2. The molecule has 0 fully saturated rings. The van der Waals surface area contributed by atoms with Crippen molar-refractivity contribution in [1.29, 1.82) is 5.26 Å². The molecule has 0 unspecified atom stereocenters. The summed E-state index contributed by atoms with van der Waals surface area (Å²) in [6, 6.07) is 5.47. The van der Waals surface area contributed by atoms with Crippen LogP contribution in [0.15, 0.2) is 12.1 Å². The number of nitriles is 1. The number of benzene rings is 1. The van der Waals surface area contributed by atoms with Gasteiger partial charge in [0.1, 0.15) is 23.2 Å². The van der Waals surface area contributed by atoms with Crippen LogP contribution in [0.25, 0.3) is 22.2 Å². The van der Waals surface area contributed by atoms with Gasteiger partial charge in [-0.2, -0.15) is 5.26 Å². The van der Waals surface area contributed by atoms with Crippen LogP contribution in [0.1, 0.15) is 74.7 Å².